The van der Waals surface area contributed by atoms with Gasteiger partial charge in [0.1, 0.15) is 11.4 Å². The van der Waals surface area contributed by atoms with Crippen molar-refractivity contribution in [1.82, 2.24) is 4.98 Å². The summed E-state index contributed by atoms with van der Waals surface area (Å²) in [6.45, 7) is 0. The number of anilines is 1. The van der Waals surface area contributed by atoms with Gasteiger partial charge in [-0.3, -0.25) is 14.9 Å². The fourth-order valence-electron chi connectivity index (χ4n) is 1.74. The minimum Gasteiger partial charge on any atom is -0.478 e. The molecule has 0 aliphatic rings. The number of amides is 1. The molecule has 0 unspecified atom stereocenters. The highest BCUT2D eigenvalue weighted by Crippen LogP contribution is 2.23. The van der Waals surface area contributed by atoms with Gasteiger partial charge in [-0.1, -0.05) is 17.7 Å². The van der Waals surface area contributed by atoms with E-state index in [1.54, 1.807) is 0 Å². The largest absolute Gasteiger partial charge is 0.478 e. The van der Waals surface area contributed by atoms with Crippen molar-refractivity contribution < 1.29 is 19.6 Å². The first-order chi connectivity index (χ1) is 10.4. The Hall–Kier alpha value is -3.00. The summed E-state index contributed by atoms with van der Waals surface area (Å²) in [5, 5.41) is 22.7. The van der Waals surface area contributed by atoms with Gasteiger partial charge < -0.3 is 10.4 Å². The first kappa shape index (κ1) is 15.4. The molecule has 112 valence electrons. The maximum absolute atomic E-state index is 12.2. The molecule has 1 heterocycles. The zero-order valence-corrected chi connectivity index (χ0v) is 11.6. The number of hydrogen-bond donors (Lipinski definition) is 2. The number of nitro groups is 1. The van der Waals surface area contributed by atoms with E-state index in [0.717, 1.165) is 12.1 Å². The molecule has 0 spiro atoms. The summed E-state index contributed by atoms with van der Waals surface area (Å²) < 4.78 is 0. The number of aromatic nitrogens is 1. The van der Waals surface area contributed by atoms with Crippen molar-refractivity contribution in [3.05, 3.63) is 62.8 Å². The molecule has 0 atom stereocenters. The SMILES string of the molecule is O=C(O)c1cccc([N+](=O)[O-])c1C(=O)Nc1ccc(Cl)cn1. The lowest BCUT2D eigenvalue weighted by Crippen LogP contribution is -2.19. The summed E-state index contributed by atoms with van der Waals surface area (Å²) >= 11 is 5.66. The van der Waals surface area contributed by atoms with Gasteiger partial charge in [-0.15, -0.1) is 0 Å². The minimum atomic E-state index is -1.45. The molecule has 2 N–H and O–H groups in total. The van der Waals surface area contributed by atoms with Gasteiger partial charge in [0.05, 0.1) is 15.5 Å². The van der Waals surface area contributed by atoms with E-state index in [0.29, 0.717) is 5.02 Å². The zero-order valence-electron chi connectivity index (χ0n) is 10.8. The van der Waals surface area contributed by atoms with Crippen molar-refractivity contribution in [1.29, 1.82) is 0 Å². The standard InChI is InChI=1S/C13H8ClN3O5/c14-7-4-5-10(15-6-7)16-12(18)11-8(13(19)20)2-1-3-9(11)17(21)22/h1-6H,(H,19,20)(H,15,16,18). The normalized spacial score (nSPS) is 10.0. The Morgan fingerprint density at radius 1 is 1.27 bits per heavy atom. The zero-order chi connectivity index (χ0) is 16.3. The second-order valence-electron chi connectivity index (χ2n) is 4.08. The van der Waals surface area contributed by atoms with Crippen molar-refractivity contribution in [2.75, 3.05) is 5.32 Å². The van der Waals surface area contributed by atoms with E-state index in [9.17, 15) is 19.7 Å². The smallest absolute Gasteiger partial charge is 0.336 e. The molecule has 22 heavy (non-hydrogen) atoms. The Kier molecular flexibility index (Phi) is 4.33. The molecule has 2 rings (SSSR count). The van der Waals surface area contributed by atoms with Crippen LogP contribution in [0, 0.1) is 10.1 Å². The summed E-state index contributed by atoms with van der Waals surface area (Å²) in [4.78, 5) is 37.3. The number of nitro benzene ring substituents is 1. The van der Waals surface area contributed by atoms with Gasteiger partial charge in [0.25, 0.3) is 11.6 Å². The van der Waals surface area contributed by atoms with Crippen molar-refractivity contribution in [2.24, 2.45) is 0 Å². The molecule has 0 radical (unpaired) electrons. The van der Waals surface area contributed by atoms with E-state index < -0.39 is 33.6 Å². The quantitative estimate of drug-likeness (QED) is 0.659. The monoisotopic (exact) mass is 321 g/mol. The van der Waals surface area contributed by atoms with Gasteiger partial charge in [-0.2, -0.15) is 0 Å². The Morgan fingerprint density at radius 2 is 2.00 bits per heavy atom. The molecule has 2 aromatic rings. The Bertz CT molecular complexity index is 729. The lowest BCUT2D eigenvalue weighted by atomic mass is 10.0. The maximum Gasteiger partial charge on any atom is 0.336 e. The third kappa shape index (κ3) is 3.18. The summed E-state index contributed by atoms with van der Waals surface area (Å²) in [6.07, 6.45) is 1.27. The molecular formula is C13H8ClN3O5. The van der Waals surface area contributed by atoms with Crippen LogP contribution in [0.1, 0.15) is 20.7 Å². The number of nitrogens with one attached hydrogen (secondary N) is 1. The molecule has 9 heteroatoms. The Labute approximate surface area is 128 Å². The lowest BCUT2D eigenvalue weighted by molar-refractivity contribution is -0.385. The highest BCUT2D eigenvalue weighted by molar-refractivity contribution is 6.30. The number of hydrogen-bond acceptors (Lipinski definition) is 5. The Balaban J connectivity index is 2.45. The van der Waals surface area contributed by atoms with Gasteiger partial charge in [-0.05, 0) is 18.2 Å². The third-order valence-electron chi connectivity index (χ3n) is 2.67. The van der Waals surface area contributed by atoms with Gasteiger partial charge in [-0.25, -0.2) is 9.78 Å². The molecule has 0 aliphatic carbocycles. The third-order valence-corrected chi connectivity index (χ3v) is 2.89. The van der Waals surface area contributed by atoms with E-state index in [-0.39, 0.29) is 5.82 Å². The molecule has 1 aromatic heterocycles. The fraction of sp³-hybridized carbons (Fsp3) is 0. The van der Waals surface area contributed by atoms with E-state index in [1.165, 1.54) is 24.4 Å². The number of halogens is 1. The average Bonchev–Trinajstić information content (AvgIpc) is 2.48. The topological polar surface area (TPSA) is 122 Å². The van der Waals surface area contributed by atoms with E-state index in [1.807, 2.05) is 0 Å². The average molecular weight is 322 g/mol. The van der Waals surface area contributed by atoms with Crippen LogP contribution >= 0.6 is 11.6 Å². The summed E-state index contributed by atoms with van der Waals surface area (Å²) in [6, 6.07) is 6.20. The summed E-state index contributed by atoms with van der Waals surface area (Å²) in [5.41, 5.74) is -1.62. The van der Waals surface area contributed by atoms with Crippen LogP contribution in [0.25, 0.3) is 0 Å². The first-order valence-corrected chi connectivity index (χ1v) is 6.21. The maximum atomic E-state index is 12.2. The van der Waals surface area contributed by atoms with Crippen molar-refractivity contribution in [3.63, 3.8) is 0 Å². The molecule has 0 saturated heterocycles. The highest BCUT2D eigenvalue weighted by Gasteiger charge is 2.27. The van der Waals surface area contributed by atoms with Crippen LogP contribution in [0.15, 0.2) is 36.5 Å². The number of carbonyl (C=O) groups excluding carboxylic acids is 1. The number of aromatic carboxylic acids is 1. The molecule has 1 aromatic carbocycles. The van der Waals surface area contributed by atoms with Crippen LogP contribution < -0.4 is 5.32 Å². The number of pyridine rings is 1. The van der Waals surface area contributed by atoms with Gasteiger partial charge in [0, 0.05) is 12.3 Å². The van der Waals surface area contributed by atoms with Crippen LogP contribution in [0.3, 0.4) is 0 Å². The van der Waals surface area contributed by atoms with Crippen LogP contribution in [0.4, 0.5) is 11.5 Å². The van der Waals surface area contributed by atoms with Crippen molar-refractivity contribution >= 4 is 35.0 Å². The second-order valence-corrected chi connectivity index (χ2v) is 4.51. The van der Waals surface area contributed by atoms with Gasteiger partial charge in [0.15, 0.2) is 0 Å². The van der Waals surface area contributed by atoms with Crippen LogP contribution in [0.5, 0.6) is 0 Å². The first-order valence-electron chi connectivity index (χ1n) is 5.83. The highest BCUT2D eigenvalue weighted by atomic mass is 35.5. The molecule has 0 saturated carbocycles. The van der Waals surface area contributed by atoms with E-state index >= 15 is 0 Å². The fourth-order valence-corrected chi connectivity index (χ4v) is 1.85. The summed E-state index contributed by atoms with van der Waals surface area (Å²) in [7, 11) is 0. The molecule has 0 bridgehead atoms. The van der Waals surface area contributed by atoms with Gasteiger partial charge in [0.2, 0.25) is 0 Å². The van der Waals surface area contributed by atoms with Crippen molar-refractivity contribution in [2.45, 2.75) is 0 Å². The number of benzene rings is 1. The number of carboxylic acids is 1. The second kappa shape index (κ2) is 6.19. The predicted octanol–water partition coefficient (Wildman–Crippen LogP) is 2.59. The minimum absolute atomic E-state index is 0.0869. The van der Waals surface area contributed by atoms with Crippen molar-refractivity contribution in [3.8, 4) is 0 Å². The molecular weight excluding hydrogens is 314 g/mol. The number of carboxylic acid groups (broad SMARTS) is 1. The van der Waals surface area contributed by atoms with E-state index in [4.69, 9.17) is 16.7 Å². The lowest BCUT2D eigenvalue weighted by Gasteiger charge is -2.07. The van der Waals surface area contributed by atoms with Crippen LogP contribution in [-0.2, 0) is 0 Å². The van der Waals surface area contributed by atoms with E-state index in [2.05, 4.69) is 10.3 Å². The molecule has 0 aliphatic heterocycles. The molecule has 1 amide bonds. The number of carbonyl (C=O) groups is 2. The van der Waals surface area contributed by atoms with Crippen LogP contribution in [-0.4, -0.2) is 26.9 Å². The Morgan fingerprint density at radius 3 is 2.55 bits per heavy atom. The molecule has 0 fully saturated rings. The molecule has 8 nitrogen and oxygen atoms in total. The number of nitrogens with zero attached hydrogens (tertiary/aromatic N) is 2. The van der Waals surface area contributed by atoms with Gasteiger partial charge >= 0.3 is 5.97 Å². The number of rotatable bonds is 4. The van der Waals surface area contributed by atoms with Crippen LogP contribution in [0.2, 0.25) is 5.02 Å². The summed E-state index contributed by atoms with van der Waals surface area (Å²) in [5.74, 6) is -2.30. The predicted molar refractivity (Wildman–Crippen MR) is 77.3 cm³/mol.